The van der Waals surface area contributed by atoms with E-state index in [1.165, 1.54) is 77.0 Å². The van der Waals surface area contributed by atoms with Crippen molar-refractivity contribution in [2.24, 2.45) is 0 Å². The molecule has 0 aromatic carbocycles. The summed E-state index contributed by atoms with van der Waals surface area (Å²) in [7, 11) is 0. The van der Waals surface area contributed by atoms with Gasteiger partial charge in [-0.1, -0.05) is 172 Å². The number of ether oxygens (including phenoxy) is 3. The molecule has 0 fully saturated rings. The van der Waals surface area contributed by atoms with Crippen molar-refractivity contribution in [2.75, 3.05) is 13.2 Å². The Morgan fingerprint density at radius 1 is 0.389 bits per heavy atom. The molecule has 0 aliphatic carbocycles. The first-order valence-electron chi connectivity index (χ1n) is 22.6. The molecule has 0 rings (SSSR count). The second-order valence-corrected chi connectivity index (χ2v) is 14.9. The molecule has 6 nitrogen and oxygen atoms in total. The van der Waals surface area contributed by atoms with Crippen LogP contribution in [0, 0.1) is 0 Å². The summed E-state index contributed by atoms with van der Waals surface area (Å²) in [5, 5.41) is 0. The van der Waals surface area contributed by atoms with Gasteiger partial charge in [0.15, 0.2) is 6.10 Å². The van der Waals surface area contributed by atoms with E-state index in [9.17, 15) is 14.4 Å². The smallest absolute Gasteiger partial charge is 0.306 e. The van der Waals surface area contributed by atoms with E-state index >= 15 is 0 Å². The Labute approximate surface area is 333 Å². The van der Waals surface area contributed by atoms with Gasteiger partial charge in [-0.25, -0.2) is 0 Å². The highest BCUT2D eigenvalue weighted by Gasteiger charge is 2.19. The van der Waals surface area contributed by atoms with Gasteiger partial charge < -0.3 is 14.2 Å². The maximum Gasteiger partial charge on any atom is 0.306 e. The topological polar surface area (TPSA) is 78.9 Å². The van der Waals surface area contributed by atoms with Gasteiger partial charge in [0.2, 0.25) is 0 Å². The maximum absolute atomic E-state index is 12.7. The monoisotopic (exact) mass is 757 g/mol. The minimum absolute atomic E-state index is 0.0854. The zero-order valence-electron chi connectivity index (χ0n) is 35.5. The first-order valence-corrected chi connectivity index (χ1v) is 22.6. The molecule has 1 atom stereocenters. The Morgan fingerprint density at radius 2 is 0.722 bits per heavy atom. The predicted octanol–water partition coefficient (Wildman–Crippen LogP) is 14.4. The number of allylic oxidation sites excluding steroid dienone is 8. The lowest BCUT2D eigenvalue weighted by molar-refractivity contribution is -0.167. The third-order valence-electron chi connectivity index (χ3n) is 9.57. The number of carbonyl (C=O) groups is 3. The lowest BCUT2D eigenvalue weighted by Gasteiger charge is -2.18. The Balaban J connectivity index is 4.42. The lowest BCUT2D eigenvalue weighted by Crippen LogP contribution is -2.30. The van der Waals surface area contributed by atoms with E-state index in [0.29, 0.717) is 19.3 Å². The summed E-state index contributed by atoms with van der Waals surface area (Å²) in [5.74, 6) is -0.929. The molecule has 0 N–H and O–H groups in total. The van der Waals surface area contributed by atoms with Crippen LogP contribution in [-0.4, -0.2) is 37.2 Å². The molecule has 0 aromatic heterocycles. The van der Waals surface area contributed by atoms with Crippen LogP contribution in [-0.2, 0) is 28.6 Å². The van der Waals surface area contributed by atoms with Crippen LogP contribution in [0.3, 0.4) is 0 Å². The van der Waals surface area contributed by atoms with Crippen molar-refractivity contribution < 1.29 is 28.6 Å². The van der Waals surface area contributed by atoms with E-state index in [4.69, 9.17) is 14.2 Å². The molecule has 0 radical (unpaired) electrons. The van der Waals surface area contributed by atoms with Gasteiger partial charge in [-0.2, -0.15) is 0 Å². The number of hydrogen-bond donors (Lipinski definition) is 0. The van der Waals surface area contributed by atoms with E-state index in [-0.39, 0.29) is 31.1 Å². The van der Waals surface area contributed by atoms with Crippen LogP contribution in [0.4, 0.5) is 0 Å². The summed E-state index contributed by atoms with van der Waals surface area (Å²) in [6.45, 7) is 6.45. The molecule has 312 valence electrons. The fourth-order valence-corrected chi connectivity index (χ4v) is 6.16. The number of hydrogen-bond acceptors (Lipinski definition) is 6. The Kier molecular flexibility index (Phi) is 41.0. The Bertz CT molecular complexity index is 964. The first kappa shape index (κ1) is 51.4. The molecule has 0 amide bonds. The first-order chi connectivity index (χ1) is 26.5. The van der Waals surface area contributed by atoms with Gasteiger partial charge in [0, 0.05) is 19.3 Å². The molecular weight excluding hydrogens is 673 g/mol. The van der Waals surface area contributed by atoms with Crippen LogP contribution < -0.4 is 0 Å². The summed E-state index contributed by atoms with van der Waals surface area (Å²) < 4.78 is 16.7. The number of rotatable bonds is 40. The van der Waals surface area contributed by atoms with Crippen molar-refractivity contribution in [3.8, 4) is 0 Å². The van der Waals surface area contributed by atoms with Crippen LogP contribution in [0.1, 0.15) is 220 Å². The number of esters is 3. The molecule has 0 spiro atoms. The van der Waals surface area contributed by atoms with E-state index in [0.717, 1.165) is 103 Å². The van der Waals surface area contributed by atoms with Gasteiger partial charge in [-0.3, -0.25) is 14.4 Å². The zero-order chi connectivity index (χ0) is 39.4. The van der Waals surface area contributed by atoms with Gasteiger partial charge >= 0.3 is 17.9 Å². The van der Waals surface area contributed by atoms with Crippen molar-refractivity contribution >= 4 is 17.9 Å². The molecule has 1 unspecified atom stereocenters. The molecule has 0 aromatic rings. The normalized spacial score (nSPS) is 12.4. The fraction of sp³-hybridized carbons (Fsp3) is 0.771. The third kappa shape index (κ3) is 40.6. The summed E-state index contributed by atoms with van der Waals surface area (Å²) >= 11 is 0. The molecule has 0 saturated heterocycles. The Morgan fingerprint density at radius 3 is 1.17 bits per heavy atom. The average molecular weight is 757 g/mol. The highest BCUT2D eigenvalue weighted by atomic mass is 16.6. The minimum Gasteiger partial charge on any atom is -0.462 e. The van der Waals surface area contributed by atoms with E-state index in [1.807, 2.05) is 0 Å². The van der Waals surface area contributed by atoms with Gasteiger partial charge in [0.05, 0.1) is 0 Å². The zero-order valence-corrected chi connectivity index (χ0v) is 35.5. The van der Waals surface area contributed by atoms with Crippen LogP contribution in [0.5, 0.6) is 0 Å². The lowest BCUT2D eigenvalue weighted by atomic mass is 10.1. The van der Waals surface area contributed by atoms with Crippen LogP contribution in [0.2, 0.25) is 0 Å². The standard InChI is InChI=1S/C48H84O6/c1-4-7-10-13-16-19-21-23-25-26-29-32-35-38-41-47(50)53-44-45(43-52-46(49)40-37-34-31-28-18-15-12-9-6-3)54-48(51)42-39-36-33-30-27-24-22-20-17-14-11-8-5-2/h7,10,16,19,23-25,27,45H,4-6,8-9,11-15,17-18,20-22,26,28-44H2,1-3H3/b10-7-,19-16-,25-23-,27-24-. The van der Waals surface area contributed by atoms with Crippen molar-refractivity contribution in [3.63, 3.8) is 0 Å². The third-order valence-corrected chi connectivity index (χ3v) is 9.57. The quantitative estimate of drug-likeness (QED) is 0.0268. The molecule has 6 heteroatoms. The summed E-state index contributed by atoms with van der Waals surface area (Å²) in [5.41, 5.74) is 0. The highest BCUT2D eigenvalue weighted by Crippen LogP contribution is 2.13. The molecule has 0 heterocycles. The SMILES string of the molecule is CC/C=C\C/C=C\C/C=C\CCCCCCC(=O)OCC(COC(=O)CCCCCCCCCCC)OC(=O)CCCCC/C=C\CCCCCCCC. The molecule has 0 aliphatic heterocycles. The highest BCUT2D eigenvalue weighted by molar-refractivity contribution is 5.71. The molecule has 0 aliphatic rings. The fourth-order valence-electron chi connectivity index (χ4n) is 6.16. The summed E-state index contributed by atoms with van der Waals surface area (Å²) in [4.78, 5) is 37.7. The average Bonchev–Trinajstić information content (AvgIpc) is 3.17. The van der Waals surface area contributed by atoms with Crippen LogP contribution >= 0.6 is 0 Å². The summed E-state index contributed by atoms with van der Waals surface area (Å²) in [6, 6.07) is 0. The Hall–Kier alpha value is -2.63. The second-order valence-electron chi connectivity index (χ2n) is 14.9. The van der Waals surface area contributed by atoms with Crippen LogP contribution in [0.15, 0.2) is 48.6 Å². The van der Waals surface area contributed by atoms with Crippen molar-refractivity contribution in [1.82, 2.24) is 0 Å². The van der Waals surface area contributed by atoms with Crippen molar-refractivity contribution in [1.29, 1.82) is 0 Å². The van der Waals surface area contributed by atoms with E-state index in [1.54, 1.807) is 0 Å². The largest absolute Gasteiger partial charge is 0.462 e. The number of unbranched alkanes of at least 4 members (excludes halogenated alkanes) is 21. The molecule has 0 bridgehead atoms. The molecular formula is C48H84O6. The van der Waals surface area contributed by atoms with Gasteiger partial charge in [0.25, 0.3) is 0 Å². The number of carbonyl (C=O) groups excluding carboxylic acids is 3. The molecule has 54 heavy (non-hydrogen) atoms. The van der Waals surface area contributed by atoms with E-state index in [2.05, 4.69) is 69.4 Å². The molecule has 0 saturated carbocycles. The van der Waals surface area contributed by atoms with Crippen molar-refractivity contribution in [2.45, 2.75) is 226 Å². The minimum atomic E-state index is -0.784. The van der Waals surface area contributed by atoms with E-state index < -0.39 is 6.10 Å². The second kappa shape index (κ2) is 43.1. The maximum atomic E-state index is 12.7. The van der Waals surface area contributed by atoms with Gasteiger partial charge in [-0.15, -0.1) is 0 Å². The van der Waals surface area contributed by atoms with Gasteiger partial charge in [0.1, 0.15) is 13.2 Å². The van der Waals surface area contributed by atoms with Crippen molar-refractivity contribution in [3.05, 3.63) is 48.6 Å². The van der Waals surface area contributed by atoms with Crippen LogP contribution in [0.25, 0.3) is 0 Å². The van der Waals surface area contributed by atoms with Gasteiger partial charge in [-0.05, 0) is 77.0 Å². The summed E-state index contributed by atoms with van der Waals surface area (Å²) in [6.07, 6.45) is 49.5. The predicted molar refractivity (Wildman–Crippen MR) is 229 cm³/mol.